The summed E-state index contributed by atoms with van der Waals surface area (Å²) in [7, 11) is 1.37. The maximum atomic E-state index is 11.5. The lowest BCUT2D eigenvalue weighted by atomic mass is 10.1. The van der Waals surface area contributed by atoms with Gasteiger partial charge in [0.1, 0.15) is 0 Å². The number of H-pyrrole nitrogens is 1. The summed E-state index contributed by atoms with van der Waals surface area (Å²) in [5.74, 6) is -0.346. The Bertz CT molecular complexity index is 790. The van der Waals surface area contributed by atoms with Gasteiger partial charge in [-0.15, -0.1) is 0 Å². The highest BCUT2D eigenvalue weighted by atomic mass is 32.1. The van der Waals surface area contributed by atoms with Crippen LogP contribution in [0.3, 0.4) is 0 Å². The maximum Gasteiger partial charge on any atom is 0.337 e. The first-order valence-corrected chi connectivity index (χ1v) is 7.23. The van der Waals surface area contributed by atoms with Gasteiger partial charge in [0.2, 0.25) is 0 Å². The molecule has 1 aromatic carbocycles. The molecular formula is C15H13N3O2S. The number of aromatic nitrogens is 1. The van der Waals surface area contributed by atoms with Gasteiger partial charge in [0.15, 0.2) is 0 Å². The van der Waals surface area contributed by atoms with E-state index in [1.165, 1.54) is 7.11 Å². The smallest absolute Gasteiger partial charge is 0.337 e. The van der Waals surface area contributed by atoms with Crippen LogP contribution in [0.2, 0.25) is 0 Å². The van der Waals surface area contributed by atoms with Crippen molar-refractivity contribution in [1.82, 2.24) is 4.98 Å². The molecule has 2 aromatic heterocycles. The van der Waals surface area contributed by atoms with E-state index in [1.807, 2.05) is 29.0 Å². The first-order valence-electron chi connectivity index (χ1n) is 6.28. The van der Waals surface area contributed by atoms with E-state index in [1.54, 1.807) is 29.7 Å². The van der Waals surface area contributed by atoms with Crippen LogP contribution in [0.4, 0.5) is 5.69 Å². The number of rotatable bonds is 4. The van der Waals surface area contributed by atoms with Crippen LogP contribution in [0.5, 0.6) is 0 Å². The zero-order valence-corrected chi connectivity index (χ0v) is 12.1. The molecule has 2 heterocycles. The number of carbonyl (C=O) groups is 1. The van der Waals surface area contributed by atoms with E-state index in [-0.39, 0.29) is 5.97 Å². The lowest BCUT2D eigenvalue weighted by molar-refractivity contribution is 0.0601. The van der Waals surface area contributed by atoms with Gasteiger partial charge < -0.3 is 9.72 Å². The lowest BCUT2D eigenvalue weighted by Gasteiger charge is -1.98. The van der Waals surface area contributed by atoms with Crippen LogP contribution in [-0.2, 0) is 4.74 Å². The molecule has 0 unspecified atom stereocenters. The molecule has 0 aliphatic rings. The zero-order chi connectivity index (χ0) is 14.7. The van der Waals surface area contributed by atoms with Crippen molar-refractivity contribution in [2.24, 2.45) is 5.10 Å². The molecule has 0 aliphatic carbocycles. The number of methoxy groups -OCH3 is 1. The van der Waals surface area contributed by atoms with Crippen LogP contribution < -0.4 is 5.43 Å². The molecular weight excluding hydrogens is 286 g/mol. The average molecular weight is 299 g/mol. The summed E-state index contributed by atoms with van der Waals surface area (Å²) >= 11 is 1.61. The topological polar surface area (TPSA) is 66.5 Å². The fourth-order valence-electron chi connectivity index (χ4n) is 1.97. The number of fused-ring (bicyclic) bond motifs is 1. The Morgan fingerprint density at radius 2 is 2.29 bits per heavy atom. The van der Waals surface area contributed by atoms with Gasteiger partial charge in [0.25, 0.3) is 0 Å². The number of esters is 1. The van der Waals surface area contributed by atoms with Gasteiger partial charge in [-0.25, -0.2) is 4.79 Å². The van der Waals surface area contributed by atoms with Gasteiger partial charge in [-0.2, -0.15) is 16.4 Å². The molecule has 0 saturated heterocycles. The van der Waals surface area contributed by atoms with Gasteiger partial charge in [0, 0.05) is 16.3 Å². The van der Waals surface area contributed by atoms with Crippen molar-refractivity contribution in [3.63, 3.8) is 0 Å². The molecule has 0 saturated carbocycles. The summed E-state index contributed by atoms with van der Waals surface area (Å²) in [4.78, 5) is 14.7. The summed E-state index contributed by atoms with van der Waals surface area (Å²) in [6.07, 6.45) is 1.70. The SMILES string of the molecule is COC(=O)c1ccc2cc(/C=N/Nc3ccsc3)[nH]c2c1. The molecule has 0 bridgehead atoms. The molecule has 106 valence electrons. The van der Waals surface area contributed by atoms with E-state index in [9.17, 15) is 4.79 Å². The van der Waals surface area contributed by atoms with Crippen molar-refractivity contribution in [3.8, 4) is 0 Å². The van der Waals surface area contributed by atoms with Gasteiger partial charge in [-0.1, -0.05) is 6.07 Å². The molecule has 0 aliphatic heterocycles. The van der Waals surface area contributed by atoms with Crippen molar-refractivity contribution in [1.29, 1.82) is 0 Å². The Morgan fingerprint density at radius 3 is 3.05 bits per heavy atom. The molecule has 21 heavy (non-hydrogen) atoms. The molecule has 3 aromatic rings. The largest absolute Gasteiger partial charge is 0.465 e. The molecule has 2 N–H and O–H groups in total. The fourth-order valence-corrected chi connectivity index (χ4v) is 2.55. The first-order chi connectivity index (χ1) is 10.3. The third kappa shape index (κ3) is 2.95. The molecule has 6 heteroatoms. The van der Waals surface area contributed by atoms with Crippen LogP contribution in [0.1, 0.15) is 16.1 Å². The van der Waals surface area contributed by atoms with Crippen LogP contribution in [0, 0.1) is 0 Å². The van der Waals surface area contributed by atoms with E-state index >= 15 is 0 Å². The lowest BCUT2D eigenvalue weighted by Crippen LogP contribution is -2.00. The maximum absolute atomic E-state index is 11.5. The number of carbonyl (C=O) groups excluding carboxylic acids is 1. The van der Waals surface area contributed by atoms with Gasteiger partial charge in [-0.05, 0) is 29.6 Å². The Balaban J connectivity index is 1.80. The first kappa shape index (κ1) is 13.4. The Labute approximate surface area is 125 Å². The van der Waals surface area contributed by atoms with Crippen LogP contribution in [0.15, 0.2) is 46.2 Å². The standard InChI is InChI=1S/C15H13N3O2S/c1-20-15(19)11-3-2-10-6-13(17-14(10)7-11)8-16-18-12-4-5-21-9-12/h2-9,17-18H,1H3/b16-8+. The highest BCUT2D eigenvalue weighted by Gasteiger charge is 2.07. The minimum Gasteiger partial charge on any atom is -0.465 e. The molecule has 3 rings (SSSR count). The van der Waals surface area contributed by atoms with Crippen molar-refractivity contribution < 1.29 is 9.53 Å². The molecule has 0 fully saturated rings. The predicted molar refractivity (Wildman–Crippen MR) is 85.2 cm³/mol. The molecule has 0 amide bonds. The fraction of sp³-hybridized carbons (Fsp3) is 0.0667. The van der Waals surface area contributed by atoms with Crippen LogP contribution in [-0.4, -0.2) is 24.3 Å². The third-order valence-corrected chi connectivity index (χ3v) is 3.67. The van der Waals surface area contributed by atoms with E-state index in [2.05, 4.69) is 15.5 Å². The van der Waals surface area contributed by atoms with Crippen LogP contribution >= 0.6 is 11.3 Å². The van der Waals surface area contributed by atoms with E-state index in [0.717, 1.165) is 22.3 Å². The zero-order valence-electron chi connectivity index (χ0n) is 11.3. The van der Waals surface area contributed by atoms with Crippen molar-refractivity contribution in [2.45, 2.75) is 0 Å². The highest BCUT2D eigenvalue weighted by molar-refractivity contribution is 7.08. The second-order valence-corrected chi connectivity index (χ2v) is 5.18. The summed E-state index contributed by atoms with van der Waals surface area (Å²) in [5.41, 5.74) is 6.15. The molecule has 5 nitrogen and oxygen atoms in total. The number of aromatic amines is 1. The van der Waals surface area contributed by atoms with Crippen molar-refractivity contribution >= 4 is 40.1 Å². The number of hydrogen-bond acceptors (Lipinski definition) is 5. The van der Waals surface area contributed by atoms with Crippen molar-refractivity contribution in [3.05, 3.63) is 52.3 Å². The Hall–Kier alpha value is -2.60. The van der Waals surface area contributed by atoms with E-state index in [4.69, 9.17) is 4.74 Å². The van der Waals surface area contributed by atoms with Gasteiger partial charge in [0.05, 0.1) is 30.3 Å². The van der Waals surface area contributed by atoms with E-state index in [0.29, 0.717) is 5.56 Å². The van der Waals surface area contributed by atoms with Gasteiger partial charge in [-0.3, -0.25) is 5.43 Å². The van der Waals surface area contributed by atoms with Crippen molar-refractivity contribution in [2.75, 3.05) is 12.5 Å². The normalized spacial score (nSPS) is 11.1. The number of hydrazone groups is 1. The summed E-state index contributed by atoms with van der Waals surface area (Å²) < 4.78 is 4.71. The molecule has 0 radical (unpaired) electrons. The molecule has 0 atom stereocenters. The number of nitrogens with zero attached hydrogens (tertiary/aromatic N) is 1. The number of hydrogen-bond donors (Lipinski definition) is 2. The van der Waals surface area contributed by atoms with Gasteiger partial charge >= 0.3 is 5.97 Å². The number of thiophene rings is 1. The second kappa shape index (κ2) is 5.80. The molecule has 0 spiro atoms. The third-order valence-electron chi connectivity index (χ3n) is 2.98. The highest BCUT2D eigenvalue weighted by Crippen LogP contribution is 2.17. The average Bonchev–Trinajstić information content (AvgIpc) is 3.14. The minimum atomic E-state index is -0.346. The minimum absolute atomic E-state index is 0.346. The second-order valence-electron chi connectivity index (χ2n) is 4.40. The Morgan fingerprint density at radius 1 is 1.38 bits per heavy atom. The number of anilines is 1. The summed E-state index contributed by atoms with van der Waals surface area (Å²) in [5, 5.41) is 9.13. The Kier molecular flexibility index (Phi) is 3.70. The number of nitrogens with one attached hydrogen (secondary N) is 2. The summed E-state index contributed by atoms with van der Waals surface area (Å²) in [6, 6.07) is 9.31. The predicted octanol–water partition coefficient (Wildman–Crippen LogP) is 3.46. The number of ether oxygens (including phenoxy) is 1. The quantitative estimate of drug-likeness (QED) is 0.440. The monoisotopic (exact) mass is 299 g/mol. The van der Waals surface area contributed by atoms with E-state index < -0.39 is 0 Å². The summed E-state index contributed by atoms with van der Waals surface area (Å²) in [6.45, 7) is 0. The van der Waals surface area contributed by atoms with Crippen LogP contribution in [0.25, 0.3) is 10.9 Å². The number of benzene rings is 1.